The molecule has 2 atom stereocenters. The van der Waals surface area contributed by atoms with Crippen LogP contribution in [-0.2, 0) is 10.0 Å². The highest BCUT2D eigenvalue weighted by Crippen LogP contribution is 2.34. The molecule has 2 fully saturated rings. The molecule has 2 aliphatic rings. The standard InChI is InChI=1S/C18H28N2O3S/c1-2-3-4-13-23-17-7-9-18(10-8-17)24(21,22)20-15-5-6-16(20)14-19-12-11-15/h7-10,15-16,19H,2-6,11-14H2,1H3. The van der Waals surface area contributed by atoms with Gasteiger partial charge in [0.15, 0.2) is 0 Å². The van der Waals surface area contributed by atoms with Crippen LogP contribution in [0, 0.1) is 0 Å². The molecule has 6 heteroatoms. The van der Waals surface area contributed by atoms with Crippen LogP contribution in [0.5, 0.6) is 5.75 Å². The molecule has 2 saturated heterocycles. The molecular formula is C18H28N2O3S. The summed E-state index contributed by atoms with van der Waals surface area (Å²) >= 11 is 0. The second kappa shape index (κ2) is 7.85. The fourth-order valence-electron chi connectivity index (χ4n) is 3.70. The van der Waals surface area contributed by atoms with Crippen molar-refractivity contribution in [3.05, 3.63) is 24.3 Å². The second-order valence-electron chi connectivity index (χ2n) is 6.74. The van der Waals surface area contributed by atoms with Gasteiger partial charge >= 0.3 is 0 Å². The number of nitrogens with one attached hydrogen (secondary N) is 1. The lowest BCUT2D eigenvalue weighted by Gasteiger charge is -2.26. The van der Waals surface area contributed by atoms with Crippen molar-refractivity contribution in [3.8, 4) is 5.75 Å². The van der Waals surface area contributed by atoms with Gasteiger partial charge in [0.1, 0.15) is 5.75 Å². The average molecular weight is 353 g/mol. The maximum absolute atomic E-state index is 13.1. The minimum absolute atomic E-state index is 0.0903. The Morgan fingerprint density at radius 2 is 1.88 bits per heavy atom. The molecule has 1 N–H and O–H groups in total. The summed E-state index contributed by atoms with van der Waals surface area (Å²) in [5, 5.41) is 3.35. The van der Waals surface area contributed by atoms with E-state index in [2.05, 4.69) is 12.2 Å². The number of nitrogens with zero attached hydrogens (tertiary/aromatic N) is 1. The molecule has 1 aromatic carbocycles. The normalized spacial score (nSPS) is 24.7. The second-order valence-corrected chi connectivity index (χ2v) is 8.58. The molecule has 0 saturated carbocycles. The first-order valence-corrected chi connectivity index (χ1v) is 10.5. The molecule has 1 aromatic rings. The van der Waals surface area contributed by atoms with Gasteiger partial charge in [-0.1, -0.05) is 19.8 Å². The molecule has 2 heterocycles. The van der Waals surface area contributed by atoms with Gasteiger partial charge in [-0.25, -0.2) is 8.42 Å². The van der Waals surface area contributed by atoms with E-state index in [1.165, 1.54) is 0 Å². The summed E-state index contributed by atoms with van der Waals surface area (Å²) < 4.78 is 33.6. The molecular weight excluding hydrogens is 324 g/mol. The topological polar surface area (TPSA) is 58.6 Å². The maximum Gasteiger partial charge on any atom is 0.243 e. The van der Waals surface area contributed by atoms with E-state index >= 15 is 0 Å². The Labute approximate surface area is 145 Å². The lowest BCUT2D eigenvalue weighted by molar-refractivity contribution is 0.306. The van der Waals surface area contributed by atoms with E-state index in [1.54, 1.807) is 28.6 Å². The highest BCUT2D eigenvalue weighted by molar-refractivity contribution is 7.89. The van der Waals surface area contributed by atoms with Crippen molar-refractivity contribution in [2.75, 3.05) is 19.7 Å². The van der Waals surface area contributed by atoms with Crippen LogP contribution in [0.3, 0.4) is 0 Å². The summed E-state index contributed by atoms with van der Waals surface area (Å²) in [7, 11) is -3.43. The Balaban J connectivity index is 1.70. The van der Waals surface area contributed by atoms with E-state index in [4.69, 9.17) is 4.74 Å². The van der Waals surface area contributed by atoms with E-state index in [1.807, 2.05) is 0 Å². The molecule has 0 aromatic heterocycles. The van der Waals surface area contributed by atoms with Crippen LogP contribution in [0.25, 0.3) is 0 Å². The Hall–Kier alpha value is -1.11. The number of hydrogen-bond donors (Lipinski definition) is 1. The van der Waals surface area contributed by atoms with Gasteiger partial charge in [0, 0.05) is 18.6 Å². The van der Waals surface area contributed by atoms with E-state index in [0.29, 0.717) is 11.5 Å². The van der Waals surface area contributed by atoms with Crippen molar-refractivity contribution in [2.45, 2.75) is 62.4 Å². The predicted molar refractivity (Wildman–Crippen MR) is 94.8 cm³/mol. The molecule has 2 unspecified atom stereocenters. The quantitative estimate of drug-likeness (QED) is 0.767. The summed E-state index contributed by atoms with van der Waals surface area (Å²) in [4.78, 5) is 0.377. The summed E-state index contributed by atoms with van der Waals surface area (Å²) in [6, 6.07) is 7.14. The fraction of sp³-hybridized carbons (Fsp3) is 0.667. The molecule has 134 valence electrons. The van der Waals surface area contributed by atoms with Gasteiger partial charge in [-0.3, -0.25) is 0 Å². The number of fused-ring (bicyclic) bond motifs is 2. The highest BCUT2D eigenvalue weighted by Gasteiger charge is 2.42. The van der Waals surface area contributed by atoms with Crippen LogP contribution in [0.2, 0.25) is 0 Å². The zero-order chi connectivity index (χ0) is 17.0. The number of unbranched alkanes of at least 4 members (excludes halogenated alkanes) is 2. The van der Waals surface area contributed by atoms with Crippen LogP contribution in [0.4, 0.5) is 0 Å². The van der Waals surface area contributed by atoms with Gasteiger partial charge in [0.05, 0.1) is 11.5 Å². The molecule has 0 aliphatic carbocycles. The fourth-order valence-corrected chi connectivity index (χ4v) is 5.60. The smallest absolute Gasteiger partial charge is 0.243 e. The molecule has 3 rings (SSSR count). The number of rotatable bonds is 7. The SMILES string of the molecule is CCCCCOc1ccc(S(=O)(=O)N2C3CCNCC2CC3)cc1. The first kappa shape index (κ1) is 17.7. The third kappa shape index (κ3) is 3.76. The Morgan fingerprint density at radius 3 is 2.62 bits per heavy atom. The van der Waals surface area contributed by atoms with Crippen molar-refractivity contribution in [3.63, 3.8) is 0 Å². The van der Waals surface area contributed by atoms with Crippen molar-refractivity contribution in [1.29, 1.82) is 0 Å². The van der Waals surface area contributed by atoms with Gasteiger partial charge in [0.2, 0.25) is 10.0 Å². The number of hydrogen-bond acceptors (Lipinski definition) is 4. The molecule has 0 spiro atoms. The van der Waals surface area contributed by atoms with Gasteiger partial charge in [-0.05, 0) is 56.5 Å². The predicted octanol–water partition coefficient (Wildman–Crippen LogP) is 2.77. The van der Waals surface area contributed by atoms with E-state index in [0.717, 1.165) is 57.4 Å². The summed E-state index contributed by atoms with van der Waals surface area (Å²) in [6.45, 7) is 4.50. The van der Waals surface area contributed by atoms with E-state index < -0.39 is 10.0 Å². The first-order valence-electron chi connectivity index (χ1n) is 9.10. The van der Waals surface area contributed by atoms with Crippen LogP contribution in [0.1, 0.15) is 45.4 Å². The molecule has 24 heavy (non-hydrogen) atoms. The number of ether oxygens (including phenoxy) is 1. The lowest BCUT2D eigenvalue weighted by atomic mass is 10.1. The average Bonchev–Trinajstić information content (AvgIpc) is 2.86. The van der Waals surface area contributed by atoms with Gasteiger partial charge < -0.3 is 10.1 Å². The highest BCUT2D eigenvalue weighted by atomic mass is 32.2. The van der Waals surface area contributed by atoms with Gasteiger partial charge in [0.25, 0.3) is 0 Å². The van der Waals surface area contributed by atoms with Crippen molar-refractivity contribution in [1.82, 2.24) is 9.62 Å². The Kier molecular flexibility index (Phi) is 5.79. The largest absolute Gasteiger partial charge is 0.494 e. The minimum atomic E-state index is -3.43. The van der Waals surface area contributed by atoms with Crippen molar-refractivity contribution in [2.24, 2.45) is 0 Å². The van der Waals surface area contributed by atoms with Crippen LogP contribution in [0.15, 0.2) is 29.2 Å². The molecule has 0 radical (unpaired) electrons. The molecule has 2 bridgehead atoms. The third-order valence-electron chi connectivity index (χ3n) is 5.00. The van der Waals surface area contributed by atoms with Crippen LogP contribution < -0.4 is 10.1 Å². The Bertz CT molecular complexity index is 616. The maximum atomic E-state index is 13.1. The van der Waals surface area contributed by atoms with Crippen LogP contribution >= 0.6 is 0 Å². The third-order valence-corrected chi connectivity index (χ3v) is 7.02. The zero-order valence-electron chi connectivity index (χ0n) is 14.4. The monoisotopic (exact) mass is 352 g/mol. The number of sulfonamides is 1. The molecule has 2 aliphatic heterocycles. The first-order chi connectivity index (χ1) is 11.6. The van der Waals surface area contributed by atoms with Gasteiger partial charge in [-0.15, -0.1) is 0 Å². The van der Waals surface area contributed by atoms with E-state index in [9.17, 15) is 8.42 Å². The number of benzene rings is 1. The summed E-state index contributed by atoms with van der Waals surface area (Å²) in [6.07, 6.45) is 6.17. The summed E-state index contributed by atoms with van der Waals surface area (Å²) in [5.41, 5.74) is 0. The van der Waals surface area contributed by atoms with Crippen molar-refractivity contribution < 1.29 is 13.2 Å². The van der Waals surface area contributed by atoms with Gasteiger partial charge in [-0.2, -0.15) is 4.31 Å². The molecule has 5 nitrogen and oxygen atoms in total. The lowest BCUT2D eigenvalue weighted by Crippen LogP contribution is -2.42. The van der Waals surface area contributed by atoms with E-state index in [-0.39, 0.29) is 12.1 Å². The molecule has 0 amide bonds. The van der Waals surface area contributed by atoms with Crippen LogP contribution in [-0.4, -0.2) is 44.5 Å². The van der Waals surface area contributed by atoms with Crippen molar-refractivity contribution >= 4 is 10.0 Å². The minimum Gasteiger partial charge on any atom is -0.494 e. The zero-order valence-corrected chi connectivity index (χ0v) is 15.2. The Morgan fingerprint density at radius 1 is 1.12 bits per heavy atom. The summed E-state index contributed by atoms with van der Waals surface area (Å²) in [5.74, 6) is 0.741.